The quantitative estimate of drug-likeness (QED) is 0.866. The third-order valence-corrected chi connectivity index (χ3v) is 2.50. The average Bonchev–Trinajstić information content (AvgIpc) is 2.33. The minimum absolute atomic E-state index is 0.0151. The highest BCUT2D eigenvalue weighted by atomic mass is 35.5. The first-order chi connectivity index (χ1) is 8.95. The zero-order valence-corrected chi connectivity index (χ0v) is 11.4. The number of hydrogen-bond acceptors (Lipinski definition) is 5. The van der Waals surface area contributed by atoms with E-state index in [4.69, 9.17) is 16.3 Å². The summed E-state index contributed by atoms with van der Waals surface area (Å²) in [6.45, 7) is 1.67. The third-order valence-electron chi connectivity index (χ3n) is 2.33. The van der Waals surface area contributed by atoms with E-state index < -0.39 is 0 Å². The summed E-state index contributed by atoms with van der Waals surface area (Å²) in [5.41, 5.74) is 0.537. The molecule has 19 heavy (non-hydrogen) atoms. The van der Waals surface area contributed by atoms with E-state index in [1.54, 1.807) is 38.1 Å². The van der Waals surface area contributed by atoms with E-state index in [9.17, 15) is 4.39 Å². The molecule has 0 unspecified atom stereocenters. The molecule has 1 aromatic heterocycles. The number of benzene rings is 1. The van der Waals surface area contributed by atoms with E-state index in [1.165, 1.54) is 6.07 Å². The molecule has 0 bridgehead atoms. The second-order valence-corrected chi connectivity index (χ2v) is 4.43. The Morgan fingerprint density at radius 2 is 1.95 bits per heavy atom. The van der Waals surface area contributed by atoms with E-state index in [0.717, 1.165) is 0 Å². The third kappa shape index (κ3) is 3.29. The van der Waals surface area contributed by atoms with Crippen LogP contribution in [0.3, 0.4) is 0 Å². The average molecular weight is 283 g/mol. The molecule has 100 valence electrons. The van der Waals surface area contributed by atoms with Crippen LogP contribution >= 0.6 is 11.6 Å². The number of hydrogen-bond donors (Lipinski definition) is 0. The van der Waals surface area contributed by atoms with Crippen LogP contribution in [0.1, 0.15) is 5.56 Å². The highest BCUT2D eigenvalue weighted by Gasteiger charge is 2.09. The number of ether oxygens (including phenoxy) is 1. The van der Waals surface area contributed by atoms with Crippen LogP contribution < -0.4 is 9.64 Å². The molecule has 1 aromatic carbocycles. The summed E-state index contributed by atoms with van der Waals surface area (Å²) in [5.74, 6) is 0.308. The van der Waals surface area contributed by atoms with Gasteiger partial charge in [0.2, 0.25) is 11.2 Å². The lowest BCUT2D eigenvalue weighted by molar-refractivity contribution is 0.435. The number of nitrogens with zero attached hydrogens (tertiary/aromatic N) is 4. The first-order valence-corrected chi connectivity index (χ1v) is 5.86. The first-order valence-electron chi connectivity index (χ1n) is 5.48. The van der Waals surface area contributed by atoms with E-state index in [1.807, 2.05) is 0 Å². The van der Waals surface area contributed by atoms with E-state index in [2.05, 4.69) is 15.0 Å². The maximum absolute atomic E-state index is 13.4. The van der Waals surface area contributed by atoms with Crippen LogP contribution in [-0.4, -0.2) is 29.0 Å². The summed E-state index contributed by atoms with van der Waals surface area (Å²) < 4.78 is 18.8. The molecule has 0 fully saturated rings. The molecule has 0 saturated carbocycles. The topological polar surface area (TPSA) is 51.1 Å². The Bertz CT molecular complexity index is 606. The van der Waals surface area contributed by atoms with Crippen LogP contribution in [0.25, 0.3) is 0 Å². The van der Waals surface area contributed by atoms with E-state index in [0.29, 0.717) is 17.3 Å². The minimum Gasteiger partial charge on any atom is -0.424 e. The molecule has 7 heteroatoms. The predicted octanol–water partition coefficient (Wildman–Crippen LogP) is 2.83. The fraction of sp³-hybridized carbons (Fsp3) is 0.250. The lowest BCUT2D eigenvalue weighted by atomic mass is 10.2. The highest BCUT2D eigenvalue weighted by molar-refractivity contribution is 6.28. The molecule has 1 heterocycles. The molecule has 0 aliphatic carbocycles. The molecule has 0 saturated heterocycles. The molecule has 0 radical (unpaired) electrons. The Balaban J connectivity index is 2.29. The second-order valence-electron chi connectivity index (χ2n) is 4.09. The van der Waals surface area contributed by atoms with Gasteiger partial charge >= 0.3 is 6.01 Å². The van der Waals surface area contributed by atoms with E-state index >= 15 is 0 Å². The Morgan fingerprint density at radius 3 is 2.58 bits per heavy atom. The van der Waals surface area contributed by atoms with Crippen molar-refractivity contribution in [3.05, 3.63) is 34.9 Å². The van der Waals surface area contributed by atoms with Crippen LogP contribution in [0.4, 0.5) is 10.3 Å². The van der Waals surface area contributed by atoms with Gasteiger partial charge in [-0.3, -0.25) is 0 Å². The number of aromatic nitrogens is 3. The fourth-order valence-corrected chi connectivity index (χ4v) is 1.46. The van der Waals surface area contributed by atoms with E-state index in [-0.39, 0.29) is 17.1 Å². The van der Waals surface area contributed by atoms with Crippen molar-refractivity contribution in [2.24, 2.45) is 0 Å². The molecule has 0 aliphatic heterocycles. The van der Waals surface area contributed by atoms with Gasteiger partial charge in [-0.25, -0.2) is 4.39 Å². The van der Waals surface area contributed by atoms with Gasteiger partial charge in [-0.15, -0.1) is 0 Å². The number of anilines is 1. The smallest absolute Gasteiger partial charge is 0.328 e. The summed E-state index contributed by atoms with van der Waals surface area (Å²) in [6, 6.07) is 4.53. The zero-order valence-electron chi connectivity index (χ0n) is 10.7. The summed E-state index contributed by atoms with van der Waals surface area (Å²) in [5, 5.41) is 0.0151. The van der Waals surface area contributed by atoms with Crippen molar-refractivity contribution < 1.29 is 9.13 Å². The van der Waals surface area contributed by atoms with Gasteiger partial charge in [0.1, 0.15) is 11.6 Å². The van der Waals surface area contributed by atoms with Crippen molar-refractivity contribution in [3.63, 3.8) is 0 Å². The Kier molecular flexibility index (Phi) is 3.80. The minimum atomic E-state index is -0.356. The Labute approximate surface area is 115 Å². The lowest BCUT2D eigenvalue weighted by Crippen LogP contribution is -2.13. The Hall–Kier alpha value is -1.95. The maximum atomic E-state index is 13.4. The molecular formula is C12H12ClFN4O. The molecular weight excluding hydrogens is 271 g/mol. The van der Waals surface area contributed by atoms with Gasteiger partial charge < -0.3 is 9.64 Å². The molecule has 5 nitrogen and oxygen atoms in total. The first kappa shape index (κ1) is 13.5. The molecule has 2 rings (SSSR count). The van der Waals surface area contributed by atoms with Crippen molar-refractivity contribution in [1.82, 2.24) is 15.0 Å². The second kappa shape index (κ2) is 5.36. The largest absolute Gasteiger partial charge is 0.424 e. The van der Waals surface area contributed by atoms with Crippen molar-refractivity contribution in [2.75, 3.05) is 19.0 Å². The van der Waals surface area contributed by atoms with Crippen LogP contribution in [-0.2, 0) is 0 Å². The van der Waals surface area contributed by atoms with Crippen molar-refractivity contribution in [1.29, 1.82) is 0 Å². The van der Waals surface area contributed by atoms with Gasteiger partial charge in [-0.05, 0) is 30.2 Å². The summed E-state index contributed by atoms with van der Waals surface area (Å²) >= 11 is 5.77. The van der Waals surface area contributed by atoms with Gasteiger partial charge in [0.05, 0.1) is 0 Å². The van der Waals surface area contributed by atoms with Crippen molar-refractivity contribution >= 4 is 17.5 Å². The van der Waals surface area contributed by atoms with Gasteiger partial charge in [0, 0.05) is 20.2 Å². The molecule has 0 amide bonds. The number of halogens is 2. The molecule has 0 aliphatic rings. The standard InChI is InChI=1S/C12H12ClFN4O/c1-7-4-5-8(6-9(7)14)19-12-16-10(13)15-11(17-12)18(2)3/h4-6H,1-3H3. The van der Waals surface area contributed by atoms with Gasteiger partial charge in [-0.2, -0.15) is 15.0 Å². The Morgan fingerprint density at radius 1 is 1.21 bits per heavy atom. The lowest BCUT2D eigenvalue weighted by Gasteiger charge is -2.11. The summed E-state index contributed by atoms with van der Waals surface area (Å²) in [7, 11) is 3.53. The summed E-state index contributed by atoms with van der Waals surface area (Å²) in [6.07, 6.45) is 0. The van der Waals surface area contributed by atoms with Crippen molar-refractivity contribution in [2.45, 2.75) is 6.92 Å². The normalized spacial score (nSPS) is 10.4. The SMILES string of the molecule is Cc1ccc(Oc2nc(Cl)nc(N(C)C)n2)cc1F. The number of rotatable bonds is 3. The number of aryl methyl sites for hydroxylation is 1. The van der Waals surface area contributed by atoms with Gasteiger partial charge in [-0.1, -0.05) is 6.07 Å². The maximum Gasteiger partial charge on any atom is 0.328 e. The highest BCUT2D eigenvalue weighted by Crippen LogP contribution is 2.22. The van der Waals surface area contributed by atoms with Crippen LogP contribution in [0.5, 0.6) is 11.8 Å². The molecule has 2 aromatic rings. The molecule has 0 spiro atoms. The van der Waals surface area contributed by atoms with Gasteiger partial charge in [0.15, 0.2) is 0 Å². The molecule has 0 N–H and O–H groups in total. The van der Waals surface area contributed by atoms with Crippen LogP contribution in [0.15, 0.2) is 18.2 Å². The fourth-order valence-electron chi connectivity index (χ4n) is 1.31. The van der Waals surface area contributed by atoms with Crippen molar-refractivity contribution in [3.8, 4) is 11.8 Å². The monoisotopic (exact) mass is 282 g/mol. The van der Waals surface area contributed by atoms with Crippen LogP contribution in [0, 0.1) is 12.7 Å². The van der Waals surface area contributed by atoms with Gasteiger partial charge in [0.25, 0.3) is 0 Å². The predicted molar refractivity (Wildman–Crippen MR) is 70.4 cm³/mol. The van der Waals surface area contributed by atoms with Crippen LogP contribution in [0.2, 0.25) is 5.28 Å². The molecule has 0 atom stereocenters. The zero-order chi connectivity index (χ0) is 14.0. The summed E-state index contributed by atoms with van der Waals surface area (Å²) in [4.78, 5) is 13.5.